The third-order valence-corrected chi connectivity index (χ3v) is 6.56. The fourth-order valence-corrected chi connectivity index (χ4v) is 4.97. The van der Waals surface area contributed by atoms with E-state index in [2.05, 4.69) is 110 Å². The topological polar surface area (TPSA) is 4.93 Å². The molecule has 0 radical (unpaired) electrons. The van der Waals surface area contributed by atoms with Gasteiger partial charge in [0.15, 0.2) is 0 Å². The zero-order chi connectivity index (χ0) is 20.5. The molecule has 4 aromatic carbocycles. The average Bonchev–Trinajstić information content (AvgIpc) is 3.26. The molecule has 0 unspecified atom stereocenters. The van der Waals surface area contributed by atoms with Crippen LogP contribution in [0.4, 0.5) is 0 Å². The zero-order valence-electron chi connectivity index (χ0n) is 17.7. The Bertz CT molecular complexity index is 1430. The van der Waals surface area contributed by atoms with Gasteiger partial charge in [-0.3, -0.25) is 0 Å². The average molecular weight is 388 g/mol. The van der Waals surface area contributed by atoms with Crippen molar-refractivity contribution in [1.29, 1.82) is 0 Å². The lowest BCUT2D eigenvalue weighted by atomic mass is 9.86. The molecule has 1 aliphatic rings. The van der Waals surface area contributed by atoms with Gasteiger partial charge in [0.1, 0.15) is 0 Å². The lowest BCUT2D eigenvalue weighted by Gasteiger charge is -2.19. The van der Waals surface area contributed by atoms with Crippen LogP contribution in [0, 0.1) is 0 Å². The second kappa shape index (κ2) is 6.09. The van der Waals surface area contributed by atoms with E-state index in [0.29, 0.717) is 0 Å². The third-order valence-electron chi connectivity index (χ3n) is 6.56. The largest absolute Gasteiger partial charge is 0.309 e. The fraction of sp³-hybridized carbons (Fsp3) is 0.172. The van der Waals surface area contributed by atoms with E-state index >= 15 is 0 Å². The summed E-state index contributed by atoms with van der Waals surface area (Å²) in [5.41, 5.74) is 11.0. The Labute approximate surface area is 177 Å². The zero-order valence-corrected chi connectivity index (χ0v) is 17.7. The van der Waals surface area contributed by atoms with Gasteiger partial charge >= 0.3 is 0 Å². The fourth-order valence-electron chi connectivity index (χ4n) is 4.97. The number of benzene rings is 4. The van der Waals surface area contributed by atoms with Crippen molar-refractivity contribution < 1.29 is 0 Å². The van der Waals surface area contributed by atoms with Crippen molar-refractivity contribution in [2.24, 2.45) is 0 Å². The van der Waals surface area contributed by atoms with Crippen LogP contribution in [0.25, 0.3) is 38.6 Å². The minimum Gasteiger partial charge on any atom is -0.309 e. The molecule has 1 aliphatic carbocycles. The summed E-state index contributed by atoms with van der Waals surface area (Å²) in [5, 5.41) is 2.68. The van der Waals surface area contributed by atoms with Crippen LogP contribution in [0.5, 0.6) is 0 Å². The molecule has 0 saturated heterocycles. The lowest BCUT2D eigenvalue weighted by Crippen LogP contribution is -2.10. The van der Waals surface area contributed by atoms with Crippen molar-refractivity contribution in [1.82, 2.24) is 4.57 Å². The predicted molar refractivity (Wildman–Crippen MR) is 128 cm³/mol. The molecule has 1 heteroatoms. The molecule has 0 atom stereocenters. The van der Waals surface area contributed by atoms with Crippen molar-refractivity contribution in [2.75, 3.05) is 0 Å². The van der Waals surface area contributed by atoms with Crippen LogP contribution in [-0.2, 0) is 11.8 Å². The third kappa shape index (κ3) is 2.48. The van der Waals surface area contributed by atoms with Crippen molar-refractivity contribution >= 4 is 21.8 Å². The first kappa shape index (κ1) is 17.5. The van der Waals surface area contributed by atoms with Gasteiger partial charge in [-0.25, -0.2) is 0 Å². The van der Waals surface area contributed by atoms with E-state index in [4.69, 9.17) is 0 Å². The van der Waals surface area contributed by atoms with Gasteiger partial charge in [-0.15, -0.1) is 0 Å². The minimum absolute atomic E-state index is 0.124. The molecule has 6 rings (SSSR count). The SMILES string of the molecule is CC(C)(C)c1ccc2c(c1)c1cc3c(cc1n2-c1ccccc1)Cc1ccccc1-3. The minimum atomic E-state index is 0.124. The van der Waals surface area contributed by atoms with Gasteiger partial charge in [-0.2, -0.15) is 0 Å². The summed E-state index contributed by atoms with van der Waals surface area (Å²) in [6.45, 7) is 6.87. The van der Waals surface area contributed by atoms with Crippen LogP contribution in [0.3, 0.4) is 0 Å². The van der Waals surface area contributed by atoms with E-state index in [-0.39, 0.29) is 5.41 Å². The second-order valence-corrected chi connectivity index (χ2v) is 9.51. The number of hydrogen-bond donors (Lipinski definition) is 0. The van der Waals surface area contributed by atoms with Gasteiger partial charge in [-0.1, -0.05) is 69.3 Å². The Balaban J connectivity index is 1.74. The summed E-state index contributed by atoms with van der Waals surface area (Å²) in [5.74, 6) is 0. The van der Waals surface area contributed by atoms with Crippen LogP contribution >= 0.6 is 0 Å². The Hall–Kier alpha value is -3.32. The van der Waals surface area contributed by atoms with Crippen LogP contribution in [0.15, 0.2) is 84.9 Å². The van der Waals surface area contributed by atoms with Crippen LogP contribution in [-0.4, -0.2) is 4.57 Å². The molecule has 0 amide bonds. The van der Waals surface area contributed by atoms with Crippen LogP contribution in [0.2, 0.25) is 0 Å². The van der Waals surface area contributed by atoms with Crippen molar-refractivity contribution in [2.45, 2.75) is 32.6 Å². The number of nitrogens with zero attached hydrogens (tertiary/aromatic N) is 1. The van der Waals surface area contributed by atoms with Crippen molar-refractivity contribution in [3.63, 3.8) is 0 Å². The normalized spacial score (nSPS) is 13.0. The van der Waals surface area contributed by atoms with E-state index in [0.717, 1.165) is 6.42 Å². The van der Waals surface area contributed by atoms with Crippen molar-refractivity contribution in [3.05, 3.63) is 102 Å². The van der Waals surface area contributed by atoms with Gasteiger partial charge in [0, 0.05) is 16.5 Å². The molecule has 0 bridgehead atoms. The monoisotopic (exact) mass is 387 g/mol. The first-order valence-electron chi connectivity index (χ1n) is 10.8. The summed E-state index contributed by atoms with van der Waals surface area (Å²) in [6.07, 6.45) is 1.02. The summed E-state index contributed by atoms with van der Waals surface area (Å²) >= 11 is 0. The molecule has 0 N–H and O–H groups in total. The lowest BCUT2D eigenvalue weighted by molar-refractivity contribution is 0.591. The van der Waals surface area contributed by atoms with Gasteiger partial charge < -0.3 is 4.57 Å². The highest BCUT2D eigenvalue weighted by atomic mass is 15.0. The van der Waals surface area contributed by atoms with Gasteiger partial charge in [0.05, 0.1) is 11.0 Å². The standard InChI is InChI=1S/C29H25N/c1-29(2,3)21-13-14-27-25(17-21)26-18-24-20(15-19-9-7-8-12-23(19)24)16-28(26)30(27)22-10-5-4-6-11-22/h4-14,16-18H,15H2,1-3H3. The van der Waals surface area contributed by atoms with E-state index in [1.165, 1.54) is 55.3 Å². The number of para-hydroxylation sites is 1. The Morgan fingerprint density at radius 3 is 2.17 bits per heavy atom. The summed E-state index contributed by atoms with van der Waals surface area (Å²) in [7, 11) is 0. The first-order valence-corrected chi connectivity index (χ1v) is 10.8. The number of fused-ring (bicyclic) bond motifs is 6. The maximum absolute atomic E-state index is 2.44. The van der Waals surface area contributed by atoms with E-state index < -0.39 is 0 Å². The molecule has 0 aliphatic heterocycles. The van der Waals surface area contributed by atoms with Crippen molar-refractivity contribution in [3.8, 4) is 16.8 Å². The smallest absolute Gasteiger partial charge is 0.0544 e. The molecule has 1 heterocycles. The molecule has 1 aromatic heterocycles. The number of aromatic nitrogens is 1. The van der Waals surface area contributed by atoms with Gasteiger partial charge in [-0.05, 0) is 76.1 Å². The number of rotatable bonds is 1. The Morgan fingerprint density at radius 1 is 0.633 bits per heavy atom. The summed E-state index contributed by atoms with van der Waals surface area (Å²) in [4.78, 5) is 0. The summed E-state index contributed by atoms with van der Waals surface area (Å²) in [6, 6.07) is 31.5. The molecule has 0 saturated carbocycles. The molecule has 1 nitrogen and oxygen atoms in total. The molecule has 5 aromatic rings. The summed E-state index contributed by atoms with van der Waals surface area (Å²) < 4.78 is 2.43. The Kier molecular flexibility index (Phi) is 3.56. The molecule has 0 fully saturated rings. The van der Waals surface area contributed by atoms with E-state index in [9.17, 15) is 0 Å². The highest BCUT2D eigenvalue weighted by molar-refractivity contribution is 6.11. The molecular weight excluding hydrogens is 362 g/mol. The van der Waals surface area contributed by atoms with E-state index in [1.54, 1.807) is 0 Å². The molecule has 0 spiro atoms. The highest BCUT2D eigenvalue weighted by Gasteiger charge is 2.23. The Morgan fingerprint density at radius 2 is 1.37 bits per heavy atom. The molecule has 30 heavy (non-hydrogen) atoms. The highest BCUT2D eigenvalue weighted by Crippen LogP contribution is 2.42. The van der Waals surface area contributed by atoms with E-state index in [1.807, 2.05) is 0 Å². The molecular formula is C29H25N. The maximum Gasteiger partial charge on any atom is 0.0544 e. The molecule has 146 valence electrons. The van der Waals surface area contributed by atoms with Crippen LogP contribution in [0.1, 0.15) is 37.5 Å². The maximum atomic E-state index is 2.44. The first-order chi connectivity index (χ1) is 14.5. The van der Waals surface area contributed by atoms with Gasteiger partial charge in [0.25, 0.3) is 0 Å². The number of hydrogen-bond acceptors (Lipinski definition) is 0. The predicted octanol–water partition coefficient (Wildman–Crippen LogP) is 7.65. The second-order valence-electron chi connectivity index (χ2n) is 9.51. The van der Waals surface area contributed by atoms with Gasteiger partial charge in [0.2, 0.25) is 0 Å². The van der Waals surface area contributed by atoms with Crippen LogP contribution < -0.4 is 0 Å². The quantitative estimate of drug-likeness (QED) is 0.273.